The fourth-order valence-electron chi connectivity index (χ4n) is 3.57. The van der Waals surface area contributed by atoms with Gasteiger partial charge in [0.2, 0.25) is 11.8 Å². The molecule has 3 amide bonds. The van der Waals surface area contributed by atoms with E-state index >= 15 is 0 Å². The first kappa shape index (κ1) is 24.3. The van der Waals surface area contributed by atoms with E-state index in [1.807, 2.05) is 0 Å². The van der Waals surface area contributed by atoms with E-state index in [2.05, 4.69) is 10.6 Å². The van der Waals surface area contributed by atoms with Crippen LogP contribution in [-0.2, 0) is 28.7 Å². The average molecular weight is 476 g/mol. The maximum absolute atomic E-state index is 13.1. The highest BCUT2D eigenvalue weighted by Crippen LogP contribution is 2.40. The Morgan fingerprint density at radius 2 is 1.82 bits per heavy atom. The first-order chi connectivity index (χ1) is 15.4. The van der Waals surface area contributed by atoms with Crippen LogP contribution in [0.25, 0.3) is 0 Å². The fourth-order valence-corrected chi connectivity index (χ4v) is 4.85. The number of benzene rings is 1. The average Bonchev–Trinajstić information content (AvgIpc) is 2.70. The fraction of sp³-hybridized carbons (Fsp3) is 0.409. The number of nitrogens with zero attached hydrogens (tertiary/aromatic N) is 1. The van der Waals surface area contributed by atoms with Crippen LogP contribution >= 0.6 is 11.8 Å². The maximum Gasteiger partial charge on any atom is 0.354 e. The number of hydrogen-bond donors (Lipinski definition) is 3. The Kier molecular flexibility index (Phi) is 6.82. The molecule has 0 bridgehead atoms. The summed E-state index contributed by atoms with van der Waals surface area (Å²) in [5.74, 6) is -5.10. The zero-order chi connectivity index (χ0) is 24.5. The van der Waals surface area contributed by atoms with Gasteiger partial charge in [0.05, 0.1) is 5.70 Å². The molecule has 3 atom stereocenters. The Balaban J connectivity index is 1.83. The summed E-state index contributed by atoms with van der Waals surface area (Å²) in [5.41, 5.74) is -0.627. The van der Waals surface area contributed by atoms with Gasteiger partial charge in [-0.2, -0.15) is 0 Å². The van der Waals surface area contributed by atoms with Crippen LogP contribution in [0.2, 0.25) is 0 Å². The van der Waals surface area contributed by atoms with Crippen molar-refractivity contribution in [3.8, 4) is 0 Å². The molecule has 0 spiro atoms. The molecule has 1 saturated heterocycles. The number of nitrogens with one attached hydrogen (secondary N) is 2. The SMILES string of the molecule is CC(=O)NC1=C(C(=O)O)N2C(=O)C(NC(=O)C(C(=O)OC(C)(C)C)c3ccccc3)[C@@H]2SC1. The van der Waals surface area contributed by atoms with Crippen molar-refractivity contribution in [1.82, 2.24) is 15.5 Å². The first-order valence-electron chi connectivity index (χ1n) is 10.2. The number of rotatable bonds is 6. The van der Waals surface area contributed by atoms with E-state index in [1.54, 1.807) is 51.1 Å². The molecule has 2 aliphatic rings. The van der Waals surface area contributed by atoms with Crippen LogP contribution in [-0.4, -0.2) is 62.4 Å². The van der Waals surface area contributed by atoms with Crippen molar-refractivity contribution in [2.75, 3.05) is 5.75 Å². The summed E-state index contributed by atoms with van der Waals surface area (Å²) in [4.78, 5) is 63.0. The van der Waals surface area contributed by atoms with Gasteiger partial charge in [0.1, 0.15) is 17.0 Å². The molecular weight excluding hydrogens is 450 g/mol. The molecule has 2 unspecified atom stereocenters. The minimum absolute atomic E-state index is 0.116. The van der Waals surface area contributed by atoms with Crippen LogP contribution in [0.3, 0.4) is 0 Å². The van der Waals surface area contributed by atoms with E-state index in [4.69, 9.17) is 4.74 Å². The standard InChI is InChI=1S/C22H25N3O7S/c1-11(26)23-13-10-33-19-15(18(28)25(19)16(13)20(29)30)24-17(27)14(12-8-6-5-7-9-12)21(31)32-22(2,3)4/h5-9,14-15,19H,10H2,1-4H3,(H,23,26)(H,24,27)(H,29,30)/t14?,15?,19-/m0/s1. The molecule has 3 rings (SSSR count). The van der Waals surface area contributed by atoms with Crippen LogP contribution < -0.4 is 10.6 Å². The lowest BCUT2D eigenvalue weighted by atomic mass is 9.96. The number of aliphatic carboxylic acids is 1. The summed E-state index contributed by atoms with van der Waals surface area (Å²) in [6.07, 6.45) is 0. The summed E-state index contributed by atoms with van der Waals surface area (Å²) >= 11 is 1.20. The lowest BCUT2D eigenvalue weighted by Gasteiger charge is -2.49. The molecule has 11 heteroatoms. The molecular formula is C22H25N3O7S. The second-order valence-corrected chi connectivity index (χ2v) is 9.69. The van der Waals surface area contributed by atoms with Gasteiger partial charge in [0.25, 0.3) is 5.91 Å². The molecule has 176 valence electrons. The number of esters is 1. The summed E-state index contributed by atoms with van der Waals surface area (Å²) in [5, 5.41) is 13.9. The van der Waals surface area contributed by atoms with Crippen molar-refractivity contribution in [1.29, 1.82) is 0 Å². The molecule has 1 fully saturated rings. The number of fused-ring (bicyclic) bond motifs is 1. The topological polar surface area (TPSA) is 142 Å². The highest BCUT2D eigenvalue weighted by atomic mass is 32.2. The van der Waals surface area contributed by atoms with Gasteiger partial charge in [0, 0.05) is 12.7 Å². The van der Waals surface area contributed by atoms with E-state index in [0.29, 0.717) is 5.56 Å². The highest BCUT2D eigenvalue weighted by Gasteiger charge is 2.55. The Bertz CT molecular complexity index is 1030. The smallest absolute Gasteiger partial charge is 0.354 e. The molecule has 0 aromatic heterocycles. The molecule has 2 aliphatic heterocycles. The van der Waals surface area contributed by atoms with Crippen molar-refractivity contribution in [2.24, 2.45) is 0 Å². The second-order valence-electron chi connectivity index (χ2n) is 8.59. The van der Waals surface area contributed by atoms with Gasteiger partial charge in [-0.05, 0) is 26.3 Å². The Labute approximate surface area is 194 Å². The van der Waals surface area contributed by atoms with Crippen molar-refractivity contribution in [2.45, 2.75) is 50.6 Å². The highest BCUT2D eigenvalue weighted by molar-refractivity contribution is 8.00. The predicted molar refractivity (Wildman–Crippen MR) is 119 cm³/mol. The van der Waals surface area contributed by atoms with Crippen molar-refractivity contribution >= 4 is 41.4 Å². The number of amides is 3. The molecule has 1 aromatic carbocycles. The summed E-state index contributed by atoms with van der Waals surface area (Å²) in [6, 6.07) is 7.31. The third-order valence-corrected chi connectivity index (χ3v) is 6.11. The number of hydrogen-bond acceptors (Lipinski definition) is 7. The van der Waals surface area contributed by atoms with E-state index in [1.165, 1.54) is 18.7 Å². The van der Waals surface area contributed by atoms with E-state index in [-0.39, 0.29) is 17.1 Å². The van der Waals surface area contributed by atoms with Gasteiger partial charge in [-0.15, -0.1) is 11.8 Å². The molecule has 1 aromatic rings. The number of ether oxygens (including phenoxy) is 1. The number of carboxylic acids is 1. The van der Waals surface area contributed by atoms with Crippen molar-refractivity contribution in [3.05, 3.63) is 47.3 Å². The van der Waals surface area contributed by atoms with E-state index in [0.717, 1.165) is 4.90 Å². The molecule has 0 saturated carbocycles. The molecule has 0 aliphatic carbocycles. The summed E-state index contributed by atoms with van der Waals surface area (Å²) < 4.78 is 5.42. The Hall–Kier alpha value is -3.34. The molecule has 0 radical (unpaired) electrons. The first-order valence-corrected chi connectivity index (χ1v) is 11.2. The lowest BCUT2D eigenvalue weighted by Crippen LogP contribution is -2.71. The predicted octanol–water partition coefficient (Wildman–Crippen LogP) is 0.944. The Morgan fingerprint density at radius 1 is 1.18 bits per heavy atom. The zero-order valence-corrected chi connectivity index (χ0v) is 19.4. The Morgan fingerprint density at radius 3 is 2.36 bits per heavy atom. The normalized spacial score (nSPS) is 20.8. The number of carboxylic acid groups (broad SMARTS) is 1. The van der Waals surface area contributed by atoms with Gasteiger partial charge >= 0.3 is 11.9 Å². The quantitative estimate of drug-likeness (QED) is 0.314. The molecule has 10 nitrogen and oxygen atoms in total. The van der Waals surface area contributed by atoms with E-state index in [9.17, 15) is 29.1 Å². The van der Waals surface area contributed by atoms with Crippen LogP contribution in [0.15, 0.2) is 41.7 Å². The van der Waals surface area contributed by atoms with Crippen molar-refractivity contribution < 1.29 is 33.8 Å². The van der Waals surface area contributed by atoms with Crippen LogP contribution in [0, 0.1) is 0 Å². The summed E-state index contributed by atoms with van der Waals surface area (Å²) in [6.45, 7) is 6.29. The second kappa shape index (κ2) is 9.26. The van der Waals surface area contributed by atoms with Gasteiger partial charge in [0.15, 0.2) is 11.6 Å². The zero-order valence-electron chi connectivity index (χ0n) is 18.6. The number of thioether (sulfide) groups is 1. The third kappa shape index (κ3) is 5.19. The van der Waals surface area contributed by atoms with Gasteiger partial charge in [-0.1, -0.05) is 30.3 Å². The van der Waals surface area contributed by atoms with E-state index < -0.39 is 52.6 Å². The molecule has 3 N–H and O–H groups in total. The van der Waals surface area contributed by atoms with Crippen LogP contribution in [0.1, 0.15) is 39.2 Å². The monoisotopic (exact) mass is 475 g/mol. The minimum Gasteiger partial charge on any atom is -0.477 e. The minimum atomic E-state index is -1.36. The number of carbonyl (C=O) groups is 5. The molecule has 2 heterocycles. The van der Waals surface area contributed by atoms with Crippen molar-refractivity contribution in [3.63, 3.8) is 0 Å². The van der Waals surface area contributed by atoms with Gasteiger partial charge < -0.3 is 20.5 Å². The summed E-state index contributed by atoms with van der Waals surface area (Å²) in [7, 11) is 0. The molecule has 33 heavy (non-hydrogen) atoms. The number of β-lactam (4-membered cyclic amide) rings is 1. The largest absolute Gasteiger partial charge is 0.477 e. The number of carbonyl (C=O) groups excluding carboxylic acids is 4. The van der Waals surface area contributed by atoms with Crippen LogP contribution in [0.4, 0.5) is 0 Å². The van der Waals surface area contributed by atoms with Crippen LogP contribution in [0.5, 0.6) is 0 Å². The van der Waals surface area contributed by atoms with Gasteiger partial charge in [-0.3, -0.25) is 24.1 Å². The third-order valence-electron chi connectivity index (χ3n) is 4.83. The lowest BCUT2D eigenvalue weighted by molar-refractivity contribution is -0.160. The maximum atomic E-state index is 13.1. The van der Waals surface area contributed by atoms with Gasteiger partial charge in [-0.25, -0.2) is 4.79 Å².